The van der Waals surface area contributed by atoms with Crippen molar-refractivity contribution < 1.29 is 26.5 Å². The van der Waals surface area contributed by atoms with Crippen molar-refractivity contribution in [2.75, 3.05) is 15.9 Å². The first-order valence-corrected chi connectivity index (χ1v) is 27.4. The molecule has 17 nitrogen and oxygen atoms in total. The Morgan fingerprint density at radius 2 is 1.01 bits per heavy atom. The Morgan fingerprint density at radius 1 is 0.568 bits per heavy atom. The topological polar surface area (TPSA) is 198 Å². The minimum atomic E-state index is -3.73. The van der Waals surface area contributed by atoms with Crippen LogP contribution in [0.1, 0.15) is 80.4 Å². The second-order valence-corrected chi connectivity index (χ2v) is 24.9. The highest BCUT2D eigenvalue weighted by Gasteiger charge is 2.50. The number of anilines is 3. The van der Waals surface area contributed by atoms with E-state index in [0.29, 0.717) is 45.2 Å². The van der Waals surface area contributed by atoms with Crippen LogP contribution in [0.3, 0.4) is 0 Å². The zero-order valence-electron chi connectivity index (χ0n) is 42.6. The van der Waals surface area contributed by atoms with Crippen molar-refractivity contribution in [3.05, 3.63) is 161 Å². The van der Waals surface area contributed by atoms with E-state index in [0.717, 1.165) is 28.0 Å². The number of benzene rings is 2. The van der Waals surface area contributed by atoms with Crippen molar-refractivity contribution in [1.82, 2.24) is 38.6 Å². The minimum absolute atomic E-state index is 0.0552. The molecule has 7 heterocycles. The molecule has 0 unspecified atom stereocenters. The highest BCUT2D eigenvalue weighted by Crippen LogP contribution is 2.40. The van der Waals surface area contributed by atoms with E-state index >= 15 is 0 Å². The van der Waals surface area contributed by atoms with Crippen LogP contribution in [0, 0.1) is 0 Å². The van der Waals surface area contributed by atoms with Crippen LogP contribution in [-0.2, 0) is 42.8 Å². The average Bonchev–Trinajstić information content (AvgIpc) is 3.96. The second kappa shape index (κ2) is 22.1. The zero-order valence-corrected chi connectivity index (χ0v) is 46.5. The highest BCUT2D eigenvalue weighted by atomic mass is 35.5. The van der Waals surface area contributed by atoms with Crippen LogP contribution in [0.2, 0.25) is 15.2 Å². The van der Waals surface area contributed by atoms with E-state index in [1.807, 2.05) is 82.3 Å². The third-order valence-corrected chi connectivity index (χ3v) is 15.5. The number of fused-ring (bicyclic) bond motifs is 2. The lowest BCUT2D eigenvalue weighted by molar-refractivity contribution is -0.0275. The number of nitrogens with zero attached hydrogens (tertiary/aromatic N) is 7. The van der Waals surface area contributed by atoms with Gasteiger partial charge in [-0.1, -0.05) is 95.5 Å². The van der Waals surface area contributed by atoms with Gasteiger partial charge in [0.2, 0.25) is 20.0 Å². The molecule has 0 radical (unpaired) electrons. The summed E-state index contributed by atoms with van der Waals surface area (Å²) in [7, 11) is -7.40. The van der Waals surface area contributed by atoms with Gasteiger partial charge in [-0.25, -0.2) is 45.0 Å². The van der Waals surface area contributed by atoms with Crippen molar-refractivity contribution in [3.8, 4) is 11.3 Å². The molecule has 0 amide bonds. The molecule has 2 aromatic carbocycles. The van der Waals surface area contributed by atoms with Gasteiger partial charge in [0.15, 0.2) is 5.15 Å². The fourth-order valence-corrected chi connectivity index (χ4v) is 10.7. The maximum Gasteiger partial charge on any atom is 0.242 e. The predicted molar refractivity (Wildman–Crippen MR) is 293 cm³/mol. The Bertz CT molecular complexity index is 3460. The smallest absolute Gasteiger partial charge is 0.242 e. The zero-order chi connectivity index (χ0) is 53.9. The number of hydrogen-bond acceptors (Lipinski definition) is 13. The largest absolute Gasteiger partial charge is 0.379 e. The van der Waals surface area contributed by atoms with Gasteiger partial charge in [-0.2, -0.15) is 10.2 Å². The standard InChI is InChI=1S/C23H24ClN5O2S.C15H25N3O4S.C14H11Cl2N3/c1-23(2,3)28-32(30,31)18-11-17(14-25-15-18)20-12-21(22-19(24)9-10-29(22)27-20)26-13-16-7-5-4-6-8-16;1-13(2,3)17-23(19,20)12-8-11(9-16-10-12)18-21-14(4,5)15(6,7)22-18;15-11-6-7-19-14(11)12(8-13(16)18-19)17-9-10-4-2-1-3-5-10/h4-12,14-15,26,28H,13H2,1-3H3;8-10,17H,1-7H3;1-8,17H,9H2. The number of aromatic nitrogens is 6. The van der Waals surface area contributed by atoms with Crippen LogP contribution < -0.4 is 25.3 Å². The Hall–Kier alpha value is -5.87. The molecule has 392 valence electrons. The van der Waals surface area contributed by atoms with Crippen molar-refractivity contribution in [2.45, 2.75) is 114 Å². The van der Waals surface area contributed by atoms with Gasteiger partial charge < -0.3 is 10.6 Å². The molecule has 9 rings (SSSR count). The maximum absolute atomic E-state index is 12.8. The van der Waals surface area contributed by atoms with Crippen LogP contribution in [0.25, 0.3) is 22.3 Å². The quantitative estimate of drug-likeness (QED) is 0.0902. The Kier molecular flexibility index (Phi) is 16.7. The molecule has 1 aliphatic heterocycles. The van der Waals surface area contributed by atoms with E-state index in [4.69, 9.17) is 44.5 Å². The third-order valence-electron chi connectivity index (χ3n) is 11.3. The molecule has 8 aromatic rings. The van der Waals surface area contributed by atoms with Crippen molar-refractivity contribution in [2.24, 2.45) is 0 Å². The van der Waals surface area contributed by atoms with E-state index in [2.05, 4.69) is 52.4 Å². The van der Waals surface area contributed by atoms with Crippen molar-refractivity contribution >= 4 is 82.9 Å². The fourth-order valence-electron chi connectivity index (χ4n) is 7.18. The molecule has 4 N–H and O–H groups in total. The number of pyridine rings is 2. The van der Waals surface area contributed by atoms with Crippen LogP contribution in [0.15, 0.2) is 144 Å². The number of sulfonamides is 2. The van der Waals surface area contributed by atoms with Gasteiger partial charge in [-0.15, -0.1) is 5.23 Å². The first kappa shape index (κ1) is 55.9. The van der Waals surface area contributed by atoms with Gasteiger partial charge in [0.1, 0.15) is 37.7 Å². The lowest BCUT2D eigenvalue weighted by atomic mass is 9.90. The predicted octanol–water partition coefficient (Wildman–Crippen LogP) is 11.4. The monoisotopic (exact) mass is 1100 g/mol. The molecular weight excluding hydrogens is 1050 g/mol. The van der Waals surface area contributed by atoms with Crippen LogP contribution >= 0.6 is 34.8 Å². The summed E-state index contributed by atoms with van der Waals surface area (Å²) in [6.45, 7) is 19.6. The molecule has 0 saturated carbocycles. The van der Waals surface area contributed by atoms with E-state index in [-0.39, 0.29) is 9.79 Å². The number of rotatable bonds is 12. The Labute approximate surface area is 447 Å². The van der Waals surface area contributed by atoms with Gasteiger partial charge in [0, 0.05) is 66.8 Å². The minimum Gasteiger partial charge on any atom is -0.379 e. The fraction of sp³-hybridized carbons (Fsp3) is 0.308. The highest BCUT2D eigenvalue weighted by molar-refractivity contribution is 7.89. The van der Waals surface area contributed by atoms with Crippen molar-refractivity contribution in [1.29, 1.82) is 0 Å². The molecule has 1 saturated heterocycles. The summed E-state index contributed by atoms with van der Waals surface area (Å²) in [5.74, 6) is 0. The summed E-state index contributed by atoms with van der Waals surface area (Å²) < 4.78 is 59.0. The first-order chi connectivity index (χ1) is 34.6. The van der Waals surface area contributed by atoms with Crippen molar-refractivity contribution in [3.63, 3.8) is 0 Å². The average molecular weight is 1110 g/mol. The van der Waals surface area contributed by atoms with Crippen LogP contribution in [0.5, 0.6) is 0 Å². The van der Waals surface area contributed by atoms with E-state index < -0.39 is 42.3 Å². The normalized spacial score (nSPS) is 14.5. The molecule has 0 atom stereocenters. The van der Waals surface area contributed by atoms with Crippen LogP contribution in [0.4, 0.5) is 17.1 Å². The van der Waals surface area contributed by atoms with Crippen LogP contribution in [-0.4, -0.2) is 68.3 Å². The summed E-state index contributed by atoms with van der Waals surface area (Å²) >= 11 is 18.6. The lowest BCUT2D eigenvalue weighted by Gasteiger charge is -2.26. The molecule has 1 fully saturated rings. The maximum atomic E-state index is 12.8. The molecule has 6 aromatic heterocycles. The number of hydrogen-bond donors (Lipinski definition) is 4. The SMILES string of the molecule is CC(C)(C)NS(=O)(=O)c1cncc(-c2cc(NCc3ccccc3)c3c(Cl)ccn3n2)c1.CC(C)(C)NS(=O)(=O)c1cncc(N2OC(C)(C)C(C)(C)O2)c1.Clc1cc(NCc2ccccc2)c2c(Cl)ccn2n1. The summed E-state index contributed by atoms with van der Waals surface area (Å²) in [6.07, 6.45) is 9.27. The molecule has 0 spiro atoms. The lowest BCUT2D eigenvalue weighted by Crippen LogP contribution is -2.41. The number of halogens is 3. The second-order valence-electron chi connectivity index (χ2n) is 20.4. The van der Waals surface area contributed by atoms with Gasteiger partial charge in [0.25, 0.3) is 0 Å². The van der Waals surface area contributed by atoms with E-state index in [1.54, 1.807) is 93.4 Å². The van der Waals surface area contributed by atoms with E-state index in [1.165, 1.54) is 35.4 Å². The Balaban J connectivity index is 0.000000169. The molecule has 0 aliphatic carbocycles. The molecule has 1 aliphatic rings. The third kappa shape index (κ3) is 14.1. The van der Waals surface area contributed by atoms with Gasteiger partial charge in [0.05, 0.1) is 33.3 Å². The van der Waals surface area contributed by atoms with E-state index in [9.17, 15) is 16.8 Å². The molecule has 0 bridgehead atoms. The Morgan fingerprint density at radius 3 is 1.50 bits per heavy atom. The molecule has 74 heavy (non-hydrogen) atoms. The molecule has 22 heteroatoms. The van der Waals surface area contributed by atoms with Gasteiger partial charge in [-0.3, -0.25) is 9.97 Å². The number of nitrogens with one attached hydrogen (secondary N) is 4. The summed E-state index contributed by atoms with van der Waals surface area (Å²) in [6, 6.07) is 30.4. The van der Waals surface area contributed by atoms with Gasteiger partial charge >= 0.3 is 0 Å². The summed E-state index contributed by atoms with van der Waals surface area (Å²) in [5.41, 5.74) is 4.80. The molecular formula is C52H60Cl3N11O6S2. The van der Waals surface area contributed by atoms with Gasteiger partial charge in [-0.05, 0) is 111 Å². The summed E-state index contributed by atoms with van der Waals surface area (Å²) in [5, 5.41) is 18.4. The summed E-state index contributed by atoms with van der Waals surface area (Å²) in [4.78, 5) is 19.8. The first-order valence-electron chi connectivity index (χ1n) is 23.3.